The van der Waals surface area contributed by atoms with Crippen molar-refractivity contribution < 1.29 is 28.9 Å². The van der Waals surface area contributed by atoms with E-state index in [-0.39, 0.29) is 5.97 Å². The van der Waals surface area contributed by atoms with Crippen LogP contribution in [0.25, 0.3) is 0 Å². The minimum absolute atomic E-state index is 0.340. The molecule has 96 valence electrons. The first kappa shape index (κ1) is 17.3. The molecule has 0 radical (unpaired) electrons. The number of esters is 1. The first-order chi connectivity index (χ1) is 7.22. The van der Waals surface area contributed by atoms with Crippen molar-refractivity contribution in [2.45, 2.75) is 32.5 Å². The summed E-state index contributed by atoms with van der Waals surface area (Å²) in [5, 5.41) is 8.32. The number of carbonyl (C=O) groups excluding carboxylic acids is 1. The zero-order chi connectivity index (χ0) is 13.4. The summed E-state index contributed by atoms with van der Waals surface area (Å²) in [6.45, 7) is 4.62. The van der Waals surface area contributed by atoms with E-state index in [2.05, 4.69) is 14.2 Å². The maximum absolute atomic E-state index is 10.4. The van der Waals surface area contributed by atoms with E-state index < -0.39 is 17.7 Å². The van der Waals surface area contributed by atoms with Crippen molar-refractivity contribution >= 4 is 11.9 Å². The van der Waals surface area contributed by atoms with Gasteiger partial charge in [-0.25, -0.2) is 9.59 Å². The van der Waals surface area contributed by atoms with E-state index in [0.717, 1.165) is 0 Å². The third-order valence-electron chi connectivity index (χ3n) is 1.91. The van der Waals surface area contributed by atoms with Crippen molar-refractivity contribution in [3.8, 4) is 0 Å². The number of methoxy groups -OCH3 is 3. The predicted octanol–water partition coefficient (Wildman–Crippen LogP) is 0.690. The molecule has 0 saturated carbocycles. The molecule has 0 aromatic rings. The van der Waals surface area contributed by atoms with Crippen LogP contribution in [-0.2, 0) is 23.8 Å². The van der Waals surface area contributed by atoms with Gasteiger partial charge in [0.05, 0.1) is 7.11 Å². The first-order valence-corrected chi connectivity index (χ1v) is 4.62. The lowest BCUT2D eigenvalue weighted by Gasteiger charge is -2.15. The molecule has 0 aromatic carbocycles. The largest absolute Gasteiger partial charge is 0.479 e. The van der Waals surface area contributed by atoms with Crippen LogP contribution in [0.4, 0.5) is 0 Å². The van der Waals surface area contributed by atoms with Gasteiger partial charge in [-0.2, -0.15) is 0 Å². The summed E-state index contributed by atoms with van der Waals surface area (Å²) < 4.78 is 13.6. The van der Waals surface area contributed by atoms with E-state index in [1.807, 2.05) is 0 Å². The third-order valence-corrected chi connectivity index (χ3v) is 1.91. The van der Waals surface area contributed by atoms with Crippen LogP contribution in [0.1, 0.15) is 20.8 Å². The van der Waals surface area contributed by atoms with Crippen LogP contribution in [-0.4, -0.2) is 50.1 Å². The molecule has 16 heavy (non-hydrogen) atoms. The lowest BCUT2D eigenvalue weighted by molar-refractivity contribution is -0.157. The summed E-state index contributed by atoms with van der Waals surface area (Å²) in [5.41, 5.74) is -1.04. The summed E-state index contributed by atoms with van der Waals surface area (Å²) in [6.07, 6.45) is -0.444. The Labute approximate surface area is 95.5 Å². The van der Waals surface area contributed by atoms with Gasteiger partial charge in [-0.3, -0.25) is 0 Å². The number of aliphatic carboxylic acids is 1. The second-order valence-corrected chi connectivity index (χ2v) is 3.42. The molecule has 6 heteroatoms. The van der Waals surface area contributed by atoms with Gasteiger partial charge in [-0.15, -0.1) is 0 Å². The summed E-state index contributed by atoms with van der Waals surface area (Å²) in [5.74, 6) is -1.28. The van der Waals surface area contributed by atoms with Gasteiger partial charge in [-0.1, -0.05) is 0 Å². The third kappa shape index (κ3) is 7.19. The first-order valence-electron chi connectivity index (χ1n) is 4.62. The smallest absolute Gasteiger partial charge is 0.335 e. The van der Waals surface area contributed by atoms with Gasteiger partial charge in [0.1, 0.15) is 0 Å². The average molecular weight is 236 g/mol. The molecule has 0 bridgehead atoms. The number of hydrogen-bond donors (Lipinski definition) is 1. The Bertz CT molecular complexity index is 221. The van der Waals surface area contributed by atoms with Crippen LogP contribution in [0.15, 0.2) is 0 Å². The zero-order valence-corrected chi connectivity index (χ0v) is 10.6. The molecule has 0 heterocycles. The molecule has 0 aliphatic carbocycles. The molecule has 0 aromatic heterocycles. The molecule has 0 fully saturated rings. The van der Waals surface area contributed by atoms with Gasteiger partial charge in [-0.05, 0) is 20.8 Å². The maximum Gasteiger partial charge on any atom is 0.335 e. The van der Waals surface area contributed by atoms with Crippen LogP contribution in [0.5, 0.6) is 0 Å². The average Bonchev–Trinajstić information content (AvgIpc) is 2.27. The van der Waals surface area contributed by atoms with Gasteiger partial charge in [0.25, 0.3) is 0 Å². The van der Waals surface area contributed by atoms with Gasteiger partial charge in [0, 0.05) is 14.2 Å². The van der Waals surface area contributed by atoms with Crippen LogP contribution >= 0.6 is 0 Å². The summed E-state index contributed by atoms with van der Waals surface area (Å²) in [6, 6.07) is 0. The summed E-state index contributed by atoms with van der Waals surface area (Å²) in [7, 11) is 4.16. The molecule has 1 atom stereocenters. The van der Waals surface area contributed by atoms with E-state index in [1.54, 1.807) is 6.92 Å². The second kappa shape index (κ2) is 8.06. The molecule has 1 N–H and O–H groups in total. The van der Waals surface area contributed by atoms with Gasteiger partial charge in [0.15, 0.2) is 11.7 Å². The number of carboxylic acid groups (broad SMARTS) is 1. The number of rotatable bonds is 4. The number of hydrogen-bond acceptors (Lipinski definition) is 5. The number of ether oxygens (including phenoxy) is 3. The number of carbonyl (C=O) groups is 2. The monoisotopic (exact) mass is 236 g/mol. The highest BCUT2D eigenvalue weighted by Gasteiger charge is 2.25. The van der Waals surface area contributed by atoms with Gasteiger partial charge >= 0.3 is 11.9 Å². The van der Waals surface area contributed by atoms with E-state index in [0.29, 0.717) is 0 Å². The maximum atomic E-state index is 10.4. The van der Waals surface area contributed by atoms with Crippen LogP contribution in [0, 0.1) is 0 Å². The molecule has 0 rings (SSSR count). The van der Waals surface area contributed by atoms with Crippen molar-refractivity contribution in [2.24, 2.45) is 0 Å². The van der Waals surface area contributed by atoms with Crippen molar-refractivity contribution in [3.63, 3.8) is 0 Å². The Morgan fingerprint density at radius 3 is 1.69 bits per heavy atom. The predicted molar refractivity (Wildman–Crippen MR) is 57.2 cm³/mol. The molecule has 0 aliphatic rings. The summed E-state index contributed by atoms with van der Waals surface area (Å²) in [4.78, 5) is 20.5. The fourth-order valence-electron chi connectivity index (χ4n) is 0.349. The Morgan fingerprint density at radius 1 is 1.19 bits per heavy atom. The van der Waals surface area contributed by atoms with Crippen LogP contribution in [0.2, 0.25) is 0 Å². The van der Waals surface area contributed by atoms with E-state index in [4.69, 9.17) is 5.11 Å². The van der Waals surface area contributed by atoms with E-state index in [1.165, 1.54) is 35.2 Å². The molecule has 0 saturated heterocycles. The highest BCUT2D eigenvalue weighted by atomic mass is 16.6. The lowest BCUT2D eigenvalue weighted by atomic mass is 10.1. The Balaban J connectivity index is 0. The van der Waals surface area contributed by atoms with E-state index >= 15 is 0 Å². The zero-order valence-electron chi connectivity index (χ0n) is 10.6. The van der Waals surface area contributed by atoms with Crippen LogP contribution in [0.3, 0.4) is 0 Å². The van der Waals surface area contributed by atoms with Gasteiger partial charge < -0.3 is 19.3 Å². The Morgan fingerprint density at radius 2 is 1.62 bits per heavy atom. The SMILES string of the molecule is COC(=O)C(C)OC.COC(C)(C)C(=O)O. The van der Waals surface area contributed by atoms with Gasteiger partial charge in [0.2, 0.25) is 0 Å². The minimum Gasteiger partial charge on any atom is -0.479 e. The van der Waals surface area contributed by atoms with Crippen molar-refractivity contribution in [2.75, 3.05) is 21.3 Å². The second-order valence-electron chi connectivity index (χ2n) is 3.42. The molecule has 0 amide bonds. The Kier molecular flexibility index (Phi) is 8.70. The molecule has 6 nitrogen and oxygen atoms in total. The molecular formula is C10H20O6. The topological polar surface area (TPSA) is 82.1 Å². The molecular weight excluding hydrogens is 216 g/mol. The van der Waals surface area contributed by atoms with Crippen molar-refractivity contribution in [3.05, 3.63) is 0 Å². The molecule has 1 unspecified atom stereocenters. The van der Waals surface area contributed by atoms with Crippen LogP contribution < -0.4 is 0 Å². The van der Waals surface area contributed by atoms with Crippen molar-refractivity contribution in [1.29, 1.82) is 0 Å². The minimum atomic E-state index is -1.04. The standard InChI is InChI=1S/2C5H10O3/c1-5(2,8-3)4(6)7;1-4(7-2)5(6)8-3/h1-3H3,(H,6,7);4H,1-3H3. The Hall–Kier alpha value is -1.14. The highest BCUT2D eigenvalue weighted by molar-refractivity contribution is 5.76. The molecule has 0 aliphatic heterocycles. The van der Waals surface area contributed by atoms with E-state index in [9.17, 15) is 9.59 Å². The normalized spacial score (nSPS) is 12.1. The fraction of sp³-hybridized carbons (Fsp3) is 0.800. The van der Waals surface area contributed by atoms with Crippen molar-refractivity contribution in [1.82, 2.24) is 0 Å². The quantitative estimate of drug-likeness (QED) is 0.723. The molecule has 0 spiro atoms. The summed E-state index contributed by atoms with van der Waals surface area (Å²) >= 11 is 0. The highest BCUT2D eigenvalue weighted by Crippen LogP contribution is 2.05. The lowest BCUT2D eigenvalue weighted by Crippen LogP contribution is -2.33. The number of carboxylic acids is 1. The fourth-order valence-corrected chi connectivity index (χ4v) is 0.349.